The Bertz CT molecular complexity index is 1050. The minimum atomic E-state index is -0.0768. The summed E-state index contributed by atoms with van der Waals surface area (Å²) >= 11 is 3.52. The molecule has 122 valence electrons. The van der Waals surface area contributed by atoms with Gasteiger partial charge in [0.25, 0.3) is 5.91 Å². The summed E-state index contributed by atoms with van der Waals surface area (Å²) in [4.78, 5) is 13.2. The highest BCUT2D eigenvalue weighted by molar-refractivity contribution is 9.10. The number of fused-ring (bicyclic) bond motifs is 1. The zero-order chi connectivity index (χ0) is 17.2. The van der Waals surface area contributed by atoms with Crippen LogP contribution in [0.3, 0.4) is 0 Å². The quantitative estimate of drug-likeness (QED) is 0.476. The molecular weight excluding hydrogens is 376 g/mol. The minimum Gasteiger partial charge on any atom is -0.355 e. The van der Waals surface area contributed by atoms with E-state index in [-0.39, 0.29) is 5.91 Å². The van der Waals surface area contributed by atoms with Crippen molar-refractivity contribution in [2.24, 2.45) is 0 Å². The topological polar surface area (TPSA) is 34.0 Å². The van der Waals surface area contributed by atoms with Crippen LogP contribution in [0, 0.1) is 0 Å². The van der Waals surface area contributed by atoms with Crippen LogP contribution in [0.1, 0.15) is 10.4 Å². The molecule has 0 unspecified atom stereocenters. The zero-order valence-electron chi connectivity index (χ0n) is 13.3. The van der Waals surface area contributed by atoms with E-state index < -0.39 is 0 Å². The summed E-state index contributed by atoms with van der Waals surface area (Å²) in [6, 6.07) is 27.2. The van der Waals surface area contributed by atoms with Crippen molar-refractivity contribution in [2.75, 3.05) is 5.32 Å². The molecule has 0 aliphatic heterocycles. The maximum atomic E-state index is 13.2. The van der Waals surface area contributed by atoms with Crippen LogP contribution in [-0.2, 0) is 0 Å². The predicted octanol–water partition coefficient (Wildman–Crippen LogP) is 5.84. The molecule has 1 N–H and O–H groups in total. The maximum Gasteiger partial charge on any atom is 0.265 e. The number of hydrogen-bond acceptors (Lipinski definition) is 2. The van der Waals surface area contributed by atoms with Gasteiger partial charge in [-0.3, -0.25) is 9.36 Å². The van der Waals surface area contributed by atoms with E-state index in [1.807, 2.05) is 84.9 Å². The Balaban J connectivity index is 1.79. The van der Waals surface area contributed by atoms with Crippen molar-refractivity contribution < 1.29 is 4.79 Å². The highest BCUT2D eigenvalue weighted by atomic mass is 79.9. The number of carbonyl (C=O) groups is 1. The highest BCUT2D eigenvalue weighted by Gasteiger charge is 2.18. The fourth-order valence-electron chi connectivity index (χ4n) is 2.90. The van der Waals surface area contributed by atoms with E-state index in [1.54, 1.807) is 4.57 Å². The molecule has 4 aromatic rings. The molecule has 0 fully saturated rings. The van der Waals surface area contributed by atoms with Gasteiger partial charge in [0.05, 0.1) is 21.4 Å². The van der Waals surface area contributed by atoms with Gasteiger partial charge in [-0.25, -0.2) is 0 Å². The van der Waals surface area contributed by atoms with Gasteiger partial charge >= 0.3 is 0 Å². The number of benzene rings is 3. The lowest BCUT2D eigenvalue weighted by Gasteiger charge is -2.13. The molecule has 0 saturated carbocycles. The van der Waals surface area contributed by atoms with Crippen molar-refractivity contribution in [3.8, 4) is 0 Å². The third kappa shape index (κ3) is 2.96. The molecule has 1 aromatic heterocycles. The van der Waals surface area contributed by atoms with E-state index in [2.05, 4.69) is 21.2 Å². The van der Waals surface area contributed by atoms with E-state index in [4.69, 9.17) is 0 Å². The van der Waals surface area contributed by atoms with Gasteiger partial charge in [-0.15, -0.1) is 0 Å². The molecule has 4 heteroatoms. The van der Waals surface area contributed by atoms with Gasteiger partial charge < -0.3 is 5.32 Å². The van der Waals surface area contributed by atoms with Crippen LogP contribution < -0.4 is 5.32 Å². The summed E-state index contributed by atoms with van der Waals surface area (Å²) in [5.74, 6) is -0.0768. The Labute approximate surface area is 154 Å². The first-order valence-corrected chi connectivity index (χ1v) is 8.75. The van der Waals surface area contributed by atoms with Crippen molar-refractivity contribution in [1.29, 1.82) is 0 Å². The highest BCUT2D eigenvalue weighted by Crippen LogP contribution is 2.28. The Morgan fingerprint density at radius 3 is 2.36 bits per heavy atom. The third-order valence-electron chi connectivity index (χ3n) is 4.08. The molecule has 1 heterocycles. The normalized spacial score (nSPS) is 10.8. The molecule has 0 aliphatic carbocycles. The van der Waals surface area contributed by atoms with Crippen molar-refractivity contribution >= 4 is 44.1 Å². The summed E-state index contributed by atoms with van der Waals surface area (Å²) in [6.45, 7) is 0. The lowest BCUT2D eigenvalue weighted by atomic mass is 10.1. The Morgan fingerprint density at radius 2 is 1.52 bits per heavy atom. The average molecular weight is 391 g/mol. The summed E-state index contributed by atoms with van der Waals surface area (Å²) in [7, 11) is 0. The van der Waals surface area contributed by atoms with E-state index in [0.29, 0.717) is 5.56 Å². The second kappa shape index (κ2) is 6.57. The lowest BCUT2D eigenvalue weighted by Crippen LogP contribution is -2.14. The standard InChI is InChI=1S/C21H15BrN2O/c22-20-14-15-8-4-7-13-19(15)24(20)21(25)17-11-5-6-12-18(17)23-16-9-2-1-3-10-16/h1-14,23H. The zero-order valence-corrected chi connectivity index (χ0v) is 14.9. The van der Waals surface area contributed by atoms with Gasteiger partial charge in [-0.2, -0.15) is 0 Å². The first kappa shape index (κ1) is 15.7. The molecule has 4 rings (SSSR count). The van der Waals surface area contributed by atoms with Gasteiger partial charge in [-0.05, 0) is 52.3 Å². The van der Waals surface area contributed by atoms with Gasteiger partial charge in [-0.1, -0.05) is 48.5 Å². The summed E-state index contributed by atoms with van der Waals surface area (Å²) in [5, 5.41) is 4.36. The molecule has 25 heavy (non-hydrogen) atoms. The summed E-state index contributed by atoms with van der Waals surface area (Å²) in [6.07, 6.45) is 0. The van der Waals surface area contributed by atoms with Crippen LogP contribution >= 0.6 is 15.9 Å². The lowest BCUT2D eigenvalue weighted by molar-refractivity contribution is 0.0963. The smallest absolute Gasteiger partial charge is 0.265 e. The van der Waals surface area contributed by atoms with Crippen LogP contribution in [-0.4, -0.2) is 10.5 Å². The molecule has 0 radical (unpaired) electrons. The van der Waals surface area contributed by atoms with E-state index in [9.17, 15) is 4.79 Å². The second-order valence-corrected chi connectivity index (χ2v) is 6.52. The van der Waals surface area contributed by atoms with Crippen LogP contribution in [0.5, 0.6) is 0 Å². The Morgan fingerprint density at radius 1 is 0.840 bits per heavy atom. The SMILES string of the molecule is O=C(c1ccccc1Nc1ccccc1)n1c(Br)cc2ccccc21. The molecule has 0 saturated heterocycles. The molecule has 0 spiro atoms. The number of nitrogens with one attached hydrogen (secondary N) is 1. The number of hydrogen-bond donors (Lipinski definition) is 1. The van der Waals surface area contributed by atoms with E-state index >= 15 is 0 Å². The van der Waals surface area contributed by atoms with Gasteiger partial charge in [0.15, 0.2) is 0 Å². The number of aromatic nitrogens is 1. The predicted molar refractivity (Wildman–Crippen MR) is 106 cm³/mol. The first-order valence-electron chi connectivity index (χ1n) is 7.96. The van der Waals surface area contributed by atoms with Gasteiger partial charge in [0.2, 0.25) is 0 Å². The third-order valence-corrected chi connectivity index (χ3v) is 4.66. The number of para-hydroxylation sites is 3. The second-order valence-electron chi connectivity index (χ2n) is 5.70. The molecular formula is C21H15BrN2O. The summed E-state index contributed by atoms with van der Waals surface area (Å²) in [5.41, 5.74) is 3.23. The van der Waals surface area contributed by atoms with Crippen molar-refractivity contribution in [3.63, 3.8) is 0 Å². The number of carbonyl (C=O) groups excluding carboxylic acids is 1. The molecule has 0 atom stereocenters. The largest absolute Gasteiger partial charge is 0.355 e. The minimum absolute atomic E-state index is 0.0768. The van der Waals surface area contributed by atoms with Gasteiger partial charge in [0, 0.05) is 11.1 Å². The van der Waals surface area contributed by atoms with E-state index in [1.165, 1.54) is 0 Å². The molecule has 3 nitrogen and oxygen atoms in total. The van der Waals surface area contributed by atoms with Crippen molar-refractivity contribution in [3.05, 3.63) is 95.1 Å². The molecule has 0 amide bonds. The average Bonchev–Trinajstić information content (AvgIpc) is 2.98. The number of rotatable bonds is 3. The molecule has 0 aliphatic rings. The van der Waals surface area contributed by atoms with Crippen LogP contribution in [0.15, 0.2) is 89.5 Å². The first-order chi connectivity index (χ1) is 12.2. The van der Waals surface area contributed by atoms with Crippen LogP contribution in [0.25, 0.3) is 10.9 Å². The van der Waals surface area contributed by atoms with Crippen molar-refractivity contribution in [1.82, 2.24) is 4.57 Å². The molecule has 0 bridgehead atoms. The Kier molecular flexibility index (Phi) is 4.12. The number of halogens is 1. The van der Waals surface area contributed by atoms with Crippen LogP contribution in [0.2, 0.25) is 0 Å². The van der Waals surface area contributed by atoms with Gasteiger partial charge in [0.1, 0.15) is 0 Å². The maximum absolute atomic E-state index is 13.2. The molecule has 3 aromatic carbocycles. The monoisotopic (exact) mass is 390 g/mol. The van der Waals surface area contributed by atoms with E-state index in [0.717, 1.165) is 26.9 Å². The number of nitrogens with zero attached hydrogens (tertiary/aromatic N) is 1. The fraction of sp³-hybridized carbons (Fsp3) is 0. The fourth-order valence-corrected chi connectivity index (χ4v) is 3.50. The number of anilines is 2. The summed E-state index contributed by atoms with van der Waals surface area (Å²) < 4.78 is 2.44. The van der Waals surface area contributed by atoms with Crippen LogP contribution in [0.4, 0.5) is 11.4 Å². The van der Waals surface area contributed by atoms with Crippen molar-refractivity contribution in [2.45, 2.75) is 0 Å². The Hall–Kier alpha value is -2.85.